The maximum Gasteiger partial charge on any atom is 0.241 e. The van der Waals surface area contributed by atoms with Crippen LogP contribution in [0.3, 0.4) is 0 Å². The van der Waals surface area contributed by atoms with Gasteiger partial charge in [-0.2, -0.15) is 0 Å². The van der Waals surface area contributed by atoms with E-state index in [0.29, 0.717) is 12.2 Å². The third-order valence-electron chi connectivity index (χ3n) is 5.68. The van der Waals surface area contributed by atoms with Crippen LogP contribution in [0.15, 0.2) is 41.3 Å². The van der Waals surface area contributed by atoms with E-state index >= 15 is 0 Å². The van der Waals surface area contributed by atoms with Gasteiger partial charge in [-0.15, -0.1) is 0 Å². The number of methoxy groups -OCH3 is 1. The lowest BCUT2D eigenvalue weighted by Crippen LogP contribution is -2.41. The van der Waals surface area contributed by atoms with Crippen molar-refractivity contribution >= 4 is 27.5 Å². The lowest BCUT2D eigenvalue weighted by atomic mass is 9.90. The summed E-state index contributed by atoms with van der Waals surface area (Å²) in [5.74, 6) is 0.135. The molecule has 1 N–H and O–H groups in total. The summed E-state index contributed by atoms with van der Waals surface area (Å²) in [5, 5.41) is 0. The molecule has 0 bridgehead atoms. The second-order valence-electron chi connectivity index (χ2n) is 8.74. The van der Waals surface area contributed by atoms with Gasteiger partial charge >= 0.3 is 0 Å². The maximum atomic E-state index is 13.3. The first-order valence-electron chi connectivity index (χ1n) is 10.4. The van der Waals surface area contributed by atoms with Crippen molar-refractivity contribution in [2.45, 2.75) is 56.6 Å². The van der Waals surface area contributed by atoms with Crippen molar-refractivity contribution in [3.8, 4) is 11.5 Å². The number of nitrogens with one attached hydrogen (secondary N) is 1. The van der Waals surface area contributed by atoms with E-state index in [0.717, 1.165) is 16.0 Å². The maximum absolute atomic E-state index is 13.3. The Bertz CT molecular complexity index is 1190. The van der Waals surface area contributed by atoms with E-state index in [2.05, 4.69) is 4.72 Å². The molecule has 1 saturated heterocycles. The molecule has 32 heavy (non-hydrogen) atoms. The number of fused-ring (bicyclic) bond motifs is 1. The molecular formula is C23H26N2O6S. The van der Waals surface area contributed by atoms with E-state index in [1.54, 1.807) is 0 Å². The largest absolute Gasteiger partial charge is 0.495 e. The molecular weight excluding hydrogens is 432 g/mol. The highest BCUT2D eigenvalue weighted by atomic mass is 32.2. The van der Waals surface area contributed by atoms with E-state index < -0.39 is 21.7 Å². The van der Waals surface area contributed by atoms with Crippen molar-refractivity contribution in [1.29, 1.82) is 0 Å². The summed E-state index contributed by atoms with van der Waals surface area (Å²) in [5.41, 5.74) is 1.35. The Morgan fingerprint density at radius 2 is 1.78 bits per heavy atom. The van der Waals surface area contributed by atoms with Crippen LogP contribution in [-0.2, 0) is 19.6 Å². The Morgan fingerprint density at radius 3 is 2.44 bits per heavy atom. The van der Waals surface area contributed by atoms with Crippen LogP contribution in [0.1, 0.15) is 50.3 Å². The molecule has 0 unspecified atom stereocenters. The second-order valence-corrected chi connectivity index (χ2v) is 10.5. The van der Waals surface area contributed by atoms with Gasteiger partial charge in [-0.05, 0) is 50.6 Å². The van der Waals surface area contributed by atoms with Gasteiger partial charge in [0.25, 0.3) is 0 Å². The van der Waals surface area contributed by atoms with Crippen LogP contribution < -0.4 is 19.1 Å². The lowest BCUT2D eigenvalue weighted by molar-refractivity contribution is -0.121. The van der Waals surface area contributed by atoms with Crippen molar-refractivity contribution in [2.24, 2.45) is 0 Å². The highest BCUT2D eigenvalue weighted by Gasteiger charge is 2.37. The van der Waals surface area contributed by atoms with Gasteiger partial charge < -0.3 is 9.47 Å². The molecule has 2 aromatic rings. The van der Waals surface area contributed by atoms with Gasteiger partial charge in [-0.25, -0.2) is 18.0 Å². The molecule has 0 aromatic heterocycles. The first-order chi connectivity index (χ1) is 15.0. The highest BCUT2D eigenvalue weighted by Crippen LogP contribution is 2.41. The zero-order valence-electron chi connectivity index (χ0n) is 18.5. The van der Waals surface area contributed by atoms with Crippen molar-refractivity contribution < 1.29 is 27.5 Å². The first-order valence-corrected chi connectivity index (χ1v) is 11.8. The number of sulfonamides is 1. The fourth-order valence-electron chi connectivity index (χ4n) is 4.18. The number of ether oxygens (including phenoxy) is 2. The van der Waals surface area contributed by atoms with Gasteiger partial charge in [0.05, 0.1) is 23.7 Å². The zero-order chi connectivity index (χ0) is 23.3. The van der Waals surface area contributed by atoms with Crippen molar-refractivity contribution in [1.82, 2.24) is 4.72 Å². The summed E-state index contributed by atoms with van der Waals surface area (Å²) >= 11 is 0. The van der Waals surface area contributed by atoms with Crippen LogP contribution >= 0.6 is 0 Å². The average molecular weight is 459 g/mol. The van der Waals surface area contributed by atoms with Crippen LogP contribution in [0.5, 0.6) is 11.5 Å². The van der Waals surface area contributed by atoms with Gasteiger partial charge in [-0.1, -0.05) is 12.1 Å². The topological polar surface area (TPSA) is 102 Å². The predicted octanol–water partition coefficient (Wildman–Crippen LogP) is 3.24. The number of aryl methyl sites for hydroxylation is 1. The quantitative estimate of drug-likeness (QED) is 0.690. The third kappa shape index (κ3) is 4.10. The number of benzene rings is 2. The monoisotopic (exact) mass is 458 g/mol. The van der Waals surface area contributed by atoms with Crippen molar-refractivity contribution in [2.75, 3.05) is 12.0 Å². The minimum atomic E-state index is -3.99. The SMILES string of the molecule is COc1ccc(S(=O)(=O)N[C@@H]2CC(C)(C)Oc3cc(C)ccc32)cc1N1C(=O)CCC1=O. The molecule has 8 nitrogen and oxygen atoms in total. The molecule has 0 saturated carbocycles. The van der Waals surface area contributed by atoms with Gasteiger partial charge in [0.1, 0.15) is 17.1 Å². The number of imide groups is 1. The number of nitrogens with zero attached hydrogens (tertiary/aromatic N) is 1. The van der Waals surface area contributed by atoms with E-state index in [9.17, 15) is 18.0 Å². The molecule has 1 fully saturated rings. The van der Waals surface area contributed by atoms with Gasteiger partial charge in [0, 0.05) is 24.8 Å². The molecule has 2 aliphatic rings. The Balaban J connectivity index is 1.71. The zero-order valence-corrected chi connectivity index (χ0v) is 19.3. The predicted molar refractivity (Wildman–Crippen MR) is 118 cm³/mol. The summed E-state index contributed by atoms with van der Waals surface area (Å²) in [6.07, 6.45) is 0.615. The van der Waals surface area contributed by atoms with Gasteiger partial charge in [0.2, 0.25) is 21.8 Å². The molecule has 2 aliphatic heterocycles. The molecule has 9 heteroatoms. The summed E-state index contributed by atoms with van der Waals surface area (Å²) in [4.78, 5) is 25.4. The van der Waals surface area contributed by atoms with Crippen LogP contribution in [0.4, 0.5) is 5.69 Å². The third-order valence-corrected chi connectivity index (χ3v) is 7.15. The van der Waals surface area contributed by atoms with Crippen LogP contribution in [0.2, 0.25) is 0 Å². The summed E-state index contributed by atoms with van der Waals surface area (Å²) in [7, 11) is -2.58. The number of carbonyl (C=O) groups is 2. The minimum absolute atomic E-state index is 0.0567. The van der Waals surface area contributed by atoms with E-state index in [-0.39, 0.29) is 41.0 Å². The summed E-state index contributed by atoms with van der Waals surface area (Å²) in [6.45, 7) is 5.77. The second kappa shape index (κ2) is 7.90. The molecule has 2 heterocycles. The minimum Gasteiger partial charge on any atom is -0.495 e. The van der Waals surface area contributed by atoms with Crippen molar-refractivity contribution in [3.05, 3.63) is 47.5 Å². The Hall–Kier alpha value is -2.91. The normalized spacial score (nSPS) is 20.1. The Morgan fingerprint density at radius 1 is 1.09 bits per heavy atom. The number of carbonyl (C=O) groups excluding carboxylic acids is 2. The first kappa shape index (κ1) is 22.3. The van der Waals surface area contributed by atoms with Crippen LogP contribution in [0.25, 0.3) is 0 Å². The molecule has 0 radical (unpaired) electrons. The highest BCUT2D eigenvalue weighted by molar-refractivity contribution is 7.89. The molecule has 0 spiro atoms. The van der Waals surface area contributed by atoms with E-state index in [4.69, 9.17) is 9.47 Å². The smallest absolute Gasteiger partial charge is 0.241 e. The number of anilines is 1. The van der Waals surface area contributed by atoms with Gasteiger partial charge in [0.15, 0.2) is 0 Å². The fraction of sp³-hybridized carbons (Fsp3) is 0.391. The van der Waals surface area contributed by atoms with Gasteiger partial charge in [-0.3, -0.25) is 9.59 Å². The number of amides is 2. The number of hydrogen-bond donors (Lipinski definition) is 1. The summed E-state index contributed by atoms with van der Waals surface area (Å²) < 4.78 is 40.8. The number of rotatable bonds is 5. The molecule has 1 atom stereocenters. The average Bonchev–Trinajstić information content (AvgIpc) is 3.04. The van der Waals surface area contributed by atoms with Crippen molar-refractivity contribution in [3.63, 3.8) is 0 Å². The standard InChI is InChI=1S/C23H26N2O6S/c1-14-5-7-16-17(13-23(2,3)31-20(16)11-14)24-32(28,29)15-6-8-19(30-4)18(12-15)25-21(26)9-10-22(25)27/h5-8,11-12,17,24H,9-10,13H2,1-4H3/t17-/m1/s1. The molecule has 2 amide bonds. The molecule has 2 aromatic carbocycles. The van der Waals surface area contributed by atoms with Crippen LogP contribution in [-0.4, -0.2) is 32.9 Å². The fourth-order valence-corrected chi connectivity index (χ4v) is 5.41. The lowest BCUT2D eigenvalue weighted by Gasteiger charge is -2.38. The molecule has 0 aliphatic carbocycles. The van der Waals surface area contributed by atoms with Crippen LogP contribution in [0, 0.1) is 6.92 Å². The number of hydrogen-bond acceptors (Lipinski definition) is 6. The Kier molecular flexibility index (Phi) is 5.50. The Labute approximate surface area is 187 Å². The van der Waals surface area contributed by atoms with E-state index in [1.807, 2.05) is 39.0 Å². The molecule has 170 valence electrons. The summed E-state index contributed by atoms with van der Waals surface area (Å²) in [6, 6.07) is 9.34. The molecule has 4 rings (SSSR count). The van der Waals surface area contributed by atoms with E-state index in [1.165, 1.54) is 25.3 Å².